The average Bonchev–Trinajstić information content (AvgIpc) is 2.36. The molecule has 0 fully saturated rings. The average molecular weight is 311 g/mol. The number of unbranched alkanes of at least 4 members (excludes halogenated alkanes) is 1. The molecule has 0 radical (unpaired) electrons. The summed E-state index contributed by atoms with van der Waals surface area (Å²) < 4.78 is 0. The second kappa shape index (κ2) is 8.71. The summed E-state index contributed by atoms with van der Waals surface area (Å²) in [6.45, 7) is 10.5. The lowest BCUT2D eigenvalue weighted by molar-refractivity contribution is 0.154. The van der Waals surface area contributed by atoms with Crippen LogP contribution in [0.5, 0.6) is 0 Å². The molecule has 1 unspecified atom stereocenters. The SMILES string of the molecule is Cc1cc(C)nc(SCCCCC(C)(CO)NC(C)C)n1. The lowest BCUT2D eigenvalue weighted by atomic mass is 9.95. The van der Waals surface area contributed by atoms with Crippen LogP contribution in [-0.4, -0.2) is 39.0 Å². The first-order chi connectivity index (χ1) is 9.84. The van der Waals surface area contributed by atoms with Crippen LogP contribution in [0.15, 0.2) is 11.2 Å². The molecule has 0 amide bonds. The fraction of sp³-hybridized carbons (Fsp3) is 0.750. The smallest absolute Gasteiger partial charge is 0.187 e. The molecule has 2 N–H and O–H groups in total. The van der Waals surface area contributed by atoms with Crippen LogP contribution in [0, 0.1) is 13.8 Å². The number of aliphatic hydroxyl groups excluding tert-OH is 1. The van der Waals surface area contributed by atoms with E-state index in [1.807, 2.05) is 19.9 Å². The van der Waals surface area contributed by atoms with E-state index in [9.17, 15) is 5.11 Å². The van der Waals surface area contributed by atoms with Crippen molar-refractivity contribution < 1.29 is 5.11 Å². The number of nitrogens with zero attached hydrogens (tertiary/aromatic N) is 2. The zero-order valence-corrected chi connectivity index (χ0v) is 14.8. The monoisotopic (exact) mass is 311 g/mol. The van der Waals surface area contributed by atoms with Gasteiger partial charge in [0.25, 0.3) is 0 Å². The molecule has 1 atom stereocenters. The third-order valence-corrected chi connectivity index (χ3v) is 4.24. The number of rotatable bonds is 9. The van der Waals surface area contributed by atoms with Crippen LogP contribution >= 0.6 is 11.8 Å². The van der Waals surface area contributed by atoms with Crippen LogP contribution < -0.4 is 5.32 Å². The summed E-state index contributed by atoms with van der Waals surface area (Å²) in [7, 11) is 0. The molecule has 1 heterocycles. The summed E-state index contributed by atoms with van der Waals surface area (Å²) in [6, 6.07) is 2.38. The summed E-state index contributed by atoms with van der Waals surface area (Å²) >= 11 is 1.72. The zero-order chi connectivity index (χ0) is 15.9. The fourth-order valence-corrected chi connectivity index (χ4v) is 3.38. The van der Waals surface area contributed by atoms with Crippen LogP contribution in [0.4, 0.5) is 0 Å². The second-order valence-electron chi connectivity index (χ2n) is 6.26. The van der Waals surface area contributed by atoms with E-state index in [0.29, 0.717) is 6.04 Å². The zero-order valence-electron chi connectivity index (χ0n) is 13.9. The van der Waals surface area contributed by atoms with Crippen molar-refractivity contribution in [2.24, 2.45) is 0 Å². The summed E-state index contributed by atoms with van der Waals surface area (Å²) in [4.78, 5) is 8.87. The summed E-state index contributed by atoms with van der Waals surface area (Å²) in [5, 5.41) is 13.9. The number of hydrogen-bond donors (Lipinski definition) is 2. The van der Waals surface area contributed by atoms with Crippen LogP contribution in [0.25, 0.3) is 0 Å². The predicted octanol–water partition coefficient (Wildman–Crippen LogP) is 3.10. The van der Waals surface area contributed by atoms with Gasteiger partial charge < -0.3 is 10.4 Å². The van der Waals surface area contributed by atoms with Gasteiger partial charge in [-0.15, -0.1) is 0 Å². The molecule has 5 heteroatoms. The molecular formula is C16H29N3OS. The molecule has 120 valence electrons. The molecule has 1 rings (SSSR count). The van der Waals surface area contributed by atoms with Crippen LogP contribution in [-0.2, 0) is 0 Å². The molecule has 0 bridgehead atoms. The molecule has 0 aliphatic carbocycles. The quantitative estimate of drug-likeness (QED) is 0.417. The lowest BCUT2D eigenvalue weighted by Crippen LogP contribution is -2.49. The molecule has 0 aliphatic rings. The first kappa shape index (κ1) is 18.4. The van der Waals surface area contributed by atoms with Gasteiger partial charge in [-0.1, -0.05) is 32.0 Å². The van der Waals surface area contributed by atoms with Gasteiger partial charge in [-0.2, -0.15) is 0 Å². The number of nitrogens with one attached hydrogen (secondary N) is 1. The van der Waals surface area contributed by atoms with E-state index in [-0.39, 0.29) is 12.1 Å². The number of thioether (sulfide) groups is 1. The Balaban J connectivity index is 2.30. The molecule has 0 spiro atoms. The maximum atomic E-state index is 9.54. The Morgan fingerprint density at radius 3 is 2.38 bits per heavy atom. The summed E-state index contributed by atoms with van der Waals surface area (Å²) in [5.41, 5.74) is 1.88. The molecule has 0 aliphatic heterocycles. The Labute approximate surface area is 133 Å². The topological polar surface area (TPSA) is 58.0 Å². The highest BCUT2D eigenvalue weighted by Gasteiger charge is 2.22. The number of aliphatic hydroxyl groups is 1. The lowest BCUT2D eigenvalue weighted by Gasteiger charge is -2.31. The van der Waals surface area contributed by atoms with Gasteiger partial charge in [0.2, 0.25) is 0 Å². The van der Waals surface area contributed by atoms with Crippen LogP contribution in [0.1, 0.15) is 51.4 Å². The van der Waals surface area contributed by atoms with Crippen molar-refractivity contribution in [3.63, 3.8) is 0 Å². The van der Waals surface area contributed by atoms with E-state index >= 15 is 0 Å². The van der Waals surface area contributed by atoms with E-state index in [2.05, 4.69) is 36.1 Å². The highest BCUT2D eigenvalue weighted by atomic mass is 32.2. The van der Waals surface area contributed by atoms with Gasteiger partial charge >= 0.3 is 0 Å². The minimum Gasteiger partial charge on any atom is -0.394 e. The molecule has 0 saturated carbocycles. The van der Waals surface area contributed by atoms with Gasteiger partial charge in [-0.25, -0.2) is 9.97 Å². The highest BCUT2D eigenvalue weighted by molar-refractivity contribution is 7.99. The van der Waals surface area contributed by atoms with Gasteiger partial charge in [0, 0.05) is 28.7 Å². The van der Waals surface area contributed by atoms with Gasteiger partial charge in [0.15, 0.2) is 5.16 Å². The number of hydrogen-bond acceptors (Lipinski definition) is 5. The standard InChI is InChI=1S/C16H29N3OS/c1-12(2)19-16(5,11-20)8-6-7-9-21-15-17-13(3)10-14(4)18-15/h10,12,19-20H,6-9,11H2,1-5H3. The maximum absolute atomic E-state index is 9.54. The second-order valence-corrected chi connectivity index (χ2v) is 7.32. The largest absolute Gasteiger partial charge is 0.394 e. The molecule has 0 saturated heterocycles. The third kappa shape index (κ3) is 7.25. The van der Waals surface area contributed by atoms with Crippen LogP contribution in [0.3, 0.4) is 0 Å². The van der Waals surface area contributed by atoms with E-state index < -0.39 is 0 Å². The number of aryl methyl sites for hydroxylation is 2. The van der Waals surface area contributed by atoms with Gasteiger partial charge in [0.1, 0.15) is 0 Å². The van der Waals surface area contributed by atoms with Gasteiger partial charge in [-0.05, 0) is 39.7 Å². The van der Waals surface area contributed by atoms with Gasteiger partial charge in [-0.3, -0.25) is 0 Å². The molecular weight excluding hydrogens is 282 g/mol. The molecule has 1 aromatic heterocycles. The van der Waals surface area contributed by atoms with E-state index in [1.54, 1.807) is 11.8 Å². The Morgan fingerprint density at radius 2 is 1.86 bits per heavy atom. The van der Waals surface area contributed by atoms with Crippen LogP contribution in [0.2, 0.25) is 0 Å². The van der Waals surface area contributed by atoms with Crippen molar-refractivity contribution in [2.75, 3.05) is 12.4 Å². The van der Waals surface area contributed by atoms with E-state index in [0.717, 1.165) is 41.6 Å². The Kier molecular flexibility index (Phi) is 7.63. The Morgan fingerprint density at radius 1 is 1.24 bits per heavy atom. The predicted molar refractivity (Wildman–Crippen MR) is 89.8 cm³/mol. The highest BCUT2D eigenvalue weighted by Crippen LogP contribution is 2.19. The number of aromatic nitrogens is 2. The Bertz CT molecular complexity index is 419. The molecule has 21 heavy (non-hydrogen) atoms. The van der Waals surface area contributed by atoms with E-state index in [4.69, 9.17) is 0 Å². The van der Waals surface area contributed by atoms with E-state index in [1.165, 1.54) is 0 Å². The van der Waals surface area contributed by atoms with Crippen molar-refractivity contribution in [1.82, 2.24) is 15.3 Å². The van der Waals surface area contributed by atoms with Crippen molar-refractivity contribution in [1.29, 1.82) is 0 Å². The summed E-state index contributed by atoms with van der Waals surface area (Å²) in [6.07, 6.45) is 3.18. The summed E-state index contributed by atoms with van der Waals surface area (Å²) in [5.74, 6) is 1.02. The fourth-order valence-electron chi connectivity index (χ4n) is 2.43. The van der Waals surface area contributed by atoms with Crippen molar-refractivity contribution >= 4 is 11.8 Å². The molecule has 4 nitrogen and oxygen atoms in total. The molecule has 1 aromatic rings. The van der Waals surface area contributed by atoms with Crippen molar-refractivity contribution in [2.45, 2.75) is 70.6 Å². The van der Waals surface area contributed by atoms with Gasteiger partial charge in [0.05, 0.1) is 6.61 Å². The minimum absolute atomic E-state index is 0.171. The third-order valence-electron chi connectivity index (χ3n) is 3.30. The molecule has 0 aromatic carbocycles. The first-order valence-corrected chi connectivity index (χ1v) is 8.67. The van der Waals surface area contributed by atoms with Crippen molar-refractivity contribution in [3.05, 3.63) is 17.5 Å². The first-order valence-electron chi connectivity index (χ1n) is 7.68. The normalized spacial score (nSPS) is 14.4. The maximum Gasteiger partial charge on any atom is 0.187 e. The minimum atomic E-state index is -0.171. The van der Waals surface area contributed by atoms with Crippen molar-refractivity contribution in [3.8, 4) is 0 Å². The Hall–Kier alpha value is -0.650.